The van der Waals surface area contributed by atoms with Gasteiger partial charge in [-0.15, -0.1) is 0 Å². The first kappa shape index (κ1) is 13.6. The Bertz CT molecular complexity index is 658. The lowest BCUT2D eigenvalue weighted by molar-refractivity contribution is 1.53. The SMILES string of the molecule is Brc1cc(-c2ccccc2)c(Br)c(-c2ccccc2)c1. The average Bonchev–Trinajstić information content (AvgIpc) is 2.51. The molecule has 0 aliphatic rings. The Morgan fingerprint density at radius 2 is 0.950 bits per heavy atom. The van der Waals surface area contributed by atoms with Gasteiger partial charge in [-0.05, 0) is 50.3 Å². The third-order valence-corrected chi connectivity index (χ3v) is 4.52. The summed E-state index contributed by atoms with van der Waals surface area (Å²) in [5, 5.41) is 0. The van der Waals surface area contributed by atoms with Crippen molar-refractivity contribution >= 4 is 31.9 Å². The van der Waals surface area contributed by atoms with Crippen LogP contribution in [0.3, 0.4) is 0 Å². The van der Waals surface area contributed by atoms with Crippen molar-refractivity contribution in [3.05, 3.63) is 81.7 Å². The third kappa shape index (κ3) is 2.72. The van der Waals surface area contributed by atoms with Crippen molar-refractivity contribution in [2.24, 2.45) is 0 Å². The van der Waals surface area contributed by atoms with Gasteiger partial charge in [-0.2, -0.15) is 0 Å². The van der Waals surface area contributed by atoms with E-state index in [9.17, 15) is 0 Å². The highest BCUT2D eigenvalue weighted by molar-refractivity contribution is 9.11. The summed E-state index contributed by atoms with van der Waals surface area (Å²) in [4.78, 5) is 0. The molecule has 0 N–H and O–H groups in total. The molecule has 0 unspecified atom stereocenters. The quantitative estimate of drug-likeness (QED) is 0.467. The van der Waals surface area contributed by atoms with E-state index in [0.717, 1.165) is 8.95 Å². The molecule has 0 saturated heterocycles. The van der Waals surface area contributed by atoms with E-state index in [2.05, 4.69) is 92.5 Å². The lowest BCUT2D eigenvalue weighted by Crippen LogP contribution is -1.86. The van der Waals surface area contributed by atoms with Crippen molar-refractivity contribution in [1.29, 1.82) is 0 Å². The fraction of sp³-hybridized carbons (Fsp3) is 0. The molecule has 0 bridgehead atoms. The largest absolute Gasteiger partial charge is 0.0622 e. The predicted octanol–water partition coefficient (Wildman–Crippen LogP) is 6.55. The maximum atomic E-state index is 3.77. The van der Waals surface area contributed by atoms with Crippen LogP contribution in [0.2, 0.25) is 0 Å². The standard InChI is InChI=1S/C18H12Br2/c19-15-11-16(13-7-3-1-4-8-13)18(20)17(12-15)14-9-5-2-6-10-14/h1-12H. The molecule has 0 nitrogen and oxygen atoms in total. The molecule has 0 heterocycles. The van der Waals surface area contributed by atoms with Crippen LogP contribution in [-0.2, 0) is 0 Å². The number of hydrogen-bond acceptors (Lipinski definition) is 0. The van der Waals surface area contributed by atoms with E-state index in [1.807, 2.05) is 12.1 Å². The normalized spacial score (nSPS) is 10.5. The summed E-state index contributed by atoms with van der Waals surface area (Å²) in [6.45, 7) is 0. The van der Waals surface area contributed by atoms with Gasteiger partial charge in [0.05, 0.1) is 0 Å². The van der Waals surface area contributed by atoms with Gasteiger partial charge in [0.15, 0.2) is 0 Å². The van der Waals surface area contributed by atoms with Crippen LogP contribution in [-0.4, -0.2) is 0 Å². The summed E-state index contributed by atoms with van der Waals surface area (Å²) >= 11 is 7.39. The van der Waals surface area contributed by atoms with Crippen molar-refractivity contribution in [3.63, 3.8) is 0 Å². The van der Waals surface area contributed by atoms with E-state index >= 15 is 0 Å². The Kier molecular flexibility index (Phi) is 4.04. The van der Waals surface area contributed by atoms with Crippen LogP contribution in [0.25, 0.3) is 22.3 Å². The van der Waals surface area contributed by atoms with E-state index < -0.39 is 0 Å². The molecule has 3 aromatic carbocycles. The number of benzene rings is 3. The highest BCUT2D eigenvalue weighted by Gasteiger charge is 2.11. The van der Waals surface area contributed by atoms with E-state index in [-0.39, 0.29) is 0 Å². The molecule has 98 valence electrons. The van der Waals surface area contributed by atoms with Crippen molar-refractivity contribution in [3.8, 4) is 22.3 Å². The van der Waals surface area contributed by atoms with E-state index in [4.69, 9.17) is 0 Å². The van der Waals surface area contributed by atoms with Crippen LogP contribution in [0.4, 0.5) is 0 Å². The molecule has 0 aliphatic carbocycles. The molecule has 0 aliphatic heterocycles. The minimum atomic E-state index is 1.08. The Balaban J connectivity index is 2.22. The molecule has 0 spiro atoms. The fourth-order valence-corrected chi connectivity index (χ4v) is 3.39. The number of rotatable bonds is 2. The van der Waals surface area contributed by atoms with Gasteiger partial charge >= 0.3 is 0 Å². The van der Waals surface area contributed by atoms with Gasteiger partial charge in [0.2, 0.25) is 0 Å². The first-order valence-corrected chi connectivity index (χ1v) is 7.94. The lowest BCUT2D eigenvalue weighted by atomic mass is 9.99. The van der Waals surface area contributed by atoms with Crippen LogP contribution in [0.5, 0.6) is 0 Å². The molecule has 0 amide bonds. The molecule has 0 saturated carbocycles. The Hall–Kier alpha value is -1.38. The van der Waals surface area contributed by atoms with Gasteiger partial charge in [0.1, 0.15) is 0 Å². The van der Waals surface area contributed by atoms with Gasteiger partial charge < -0.3 is 0 Å². The minimum Gasteiger partial charge on any atom is -0.0622 e. The predicted molar refractivity (Wildman–Crippen MR) is 92.7 cm³/mol. The maximum absolute atomic E-state index is 3.77. The summed E-state index contributed by atoms with van der Waals surface area (Å²) in [5.74, 6) is 0. The van der Waals surface area contributed by atoms with Crippen molar-refractivity contribution in [2.45, 2.75) is 0 Å². The third-order valence-electron chi connectivity index (χ3n) is 3.21. The number of hydrogen-bond donors (Lipinski definition) is 0. The zero-order chi connectivity index (χ0) is 13.9. The zero-order valence-corrected chi connectivity index (χ0v) is 13.9. The second-order valence-electron chi connectivity index (χ2n) is 4.55. The Labute approximate surface area is 135 Å². The van der Waals surface area contributed by atoms with Gasteiger partial charge in [-0.3, -0.25) is 0 Å². The molecular weight excluding hydrogens is 376 g/mol. The van der Waals surface area contributed by atoms with Gasteiger partial charge in [-0.1, -0.05) is 76.6 Å². The summed E-state index contributed by atoms with van der Waals surface area (Å²) in [6, 6.07) is 25.1. The van der Waals surface area contributed by atoms with Crippen LogP contribution in [0.1, 0.15) is 0 Å². The molecule has 2 heteroatoms. The molecule has 0 atom stereocenters. The van der Waals surface area contributed by atoms with E-state index in [1.165, 1.54) is 22.3 Å². The Morgan fingerprint density at radius 1 is 0.550 bits per heavy atom. The smallest absolute Gasteiger partial charge is 0.0332 e. The van der Waals surface area contributed by atoms with Crippen LogP contribution < -0.4 is 0 Å². The molecule has 0 aromatic heterocycles. The Morgan fingerprint density at radius 3 is 1.35 bits per heavy atom. The molecule has 3 aromatic rings. The minimum absolute atomic E-state index is 1.08. The second kappa shape index (κ2) is 5.94. The summed E-state index contributed by atoms with van der Waals surface area (Å²) in [5.41, 5.74) is 4.80. The summed E-state index contributed by atoms with van der Waals surface area (Å²) in [6.07, 6.45) is 0. The lowest BCUT2D eigenvalue weighted by Gasteiger charge is -2.12. The molecule has 0 radical (unpaired) electrons. The average molecular weight is 388 g/mol. The number of halogens is 2. The van der Waals surface area contributed by atoms with Crippen molar-refractivity contribution in [1.82, 2.24) is 0 Å². The van der Waals surface area contributed by atoms with Crippen LogP contribution in [0, 0.1) is 0 Å². The van der Waals surface area contributed by atoms with Crippen LogP contribution in [0.15, 0.2) is 81.7 Å². The first-order chi connectivity index (χ1) is 9.75. The van der Waals surface area contributed by atoms with Gasteiger partial charge in [-0.25, -0.2) is 0 Å². The van der Waals surface area contributed by atoms with Gasteiger partial charge in [0, 0.05) is 8.95 Å². The zero-order valence-electron chi connectivity index (χ0n) is 10.7. The fourth-order valence-electron chi connectivity index (χ4n) is 2.24. The molecule has 3 rings (SSSR count). The van der Waals surface area contributed by atoms with Crippen LogP contribution >= 0.6 is 31.9 Å². The molecular formula is C18H12Br2. The monoisotopic (exact) mass is 386 g/mol. The van der Waals surface area contributed by atoms with E-state index in [1.54, 1.807) is 0 Å². The molecule has 0 fully saturated rings. The topological polar surface area (TPSA) is 0 Å². The first-order valence-electron chi connectivity index (χ1n) is 6.35. The van der Waals surface area contributed by atoms with Crippen molar-refractivity contribution < 1.29 is 0 Å². The maximum Gasteiger partial charge on any atom is 0.0332 e. The highest BCUT2D eigenvalue weighted by atomic mass is 79.9. The summed E-state index contributed by atoms with van der Waals surface area (Å²) < 4.78 is 2.21. The van der Waals surface area contributed by atoms with Gasteiger partial charge in [0.25, 0.3) is 0 Å². The van der Waals surface area contributed by atoms with Crippen molar-refractivity contribution in [2.75, 3.05) is 0 Å². The second-order valence-corrected chi connectivity index (χ2v) is 6.26. The summed E-state index contributed by atoms with van der Waals surface area (Å²) in [7, 11) is 0. The highest BCUT2D eigenvalue weighted by Crippen LogP contribution is 2.39. The van der Waals surface area contributed by atoms with E-state index in [0.29, 0.717) is 0 Å². The molecule has 20 heavy (non-hydrogen) atoms.